The molecule has 0 aliphatic carbocycles. The lowest BCUT2D eigenvalue weighted by molar-refractivity contribution is -0.172. The number of ether oxygens (including phenoxy) is 1. The van der Waals surface area contributed by atoms with Gasteiger partial charge in [0.1, 0.15) is 0 Å². The lowest BCUT2D eigenvalue weighted by Gasteiger charge is -2.40. The van der Waals surface area contributed by atoms with Gasteiger partial charge < -0.3 is 14.7 Å². The molecule has 2 bridgehead atoms. The first kappa shape index (κ1) is 10.9. The minimum absolute atomic E-state index is 0.340. The van der Waals surface area contributed by atoms with Crippen molar-refractivity contribution in [3.63, 3.8) is 0 Å². The number of rotatable bonds is 2. The van der Waals surface area contributed by atoms with E-state index in [-0.39, 0.29) is 0 Å². The van der Waals surface area contributed by atoms with Gasteiger partial charge in [0.05, 0.1) is 6.61 Å². The van der Waals surface area contributed by atoms with Crippen LogP contribution in [0.3, 0.4) is 0 Å². The van der Waals surface area contributed by atoms with Crippen molar-refractivity contribution in [3.8, 4) is 0 Å². The Morgan fingerprint density at radius 1 is 1.47 bits per heavy atom. The van der Waals surface area contributed by atoms with Crippen LogP contribution >= 0.6 is 0 Å². The molecule has 0 amide bonds. The van der Waals surface area contributed by atoms with Crippen LogP contribution in [0.1, 0.15) is 32.6 Å². The molecule has 1 unspecified atom stereocenters. The fourth-order valence-corrected chi connectivity index (χ4v) is 2.88. The smallest absolute Gasteiger partial charge is 0.338 e. The SMILES string of the molecule is CCOC(=O)C1(O)C[C@H]2CC[C@@H](C1)N2C. The summed E-state index contributed by atoms with van der Waals surface area (Å²) in [7, 11) is 2.08. The minimum Gasteiger partial charge on any atom is -0.464 e. The molecule has 15 heavy (non-hydrogen) atoms. The average Bonchev–Trinajstić information content (AvgIpc) is 2.43. The van der Waals surface area contributed by atoms with Crippen LogP contribution < -0.4 is 0 Å². The third-order valence-electron chi connectivity index (χ3n) is 3.79. The zero-order valence-corrected chi connectivity index (χ0v) is 9.40. The summed E-state index contributed by atoms with van der Waals surface area (Å²) in [6.07, 6.45) is 3.23. The predicted molar refractivity (Wildman–Crippen MR) is 55.4 cm³/mol. The second kappa shape index (κ2) is 3.76. The molecule has 2 fully saturated rings. The maximum absolute atomic E-state index is 11.7. The minimum atomic E-state index is -1.23. The summed E-state index contributed by atoms with van der Waals surface area (Å²) in [6, 6.07) is 0.691. The predicted octanol–water partition coefficient (Wildman–Crippen LogP) is 0.537. The number of aliphatic hydroxyl groups is 1. The quantitative estimate of drug-likeness (QED) is 0.680. The molecule has 2 rings (SSSR count). The number of piperidine rings is 1. The van der Waals surface area contributed by atoms with Gasteiger partial charge in [0, 0.05) is 24.9 Å². The van der Waals surface area contributed by atoms with E-state index in [1.807, 2.05) is 0 Å². The first-order valence-corrected chi connectivity index (χ1v) is 5.68. The fraction of sp³-hybridized carbons (Fsp3) is 0.909. The van der Waals surface area contributed by atoms with E-state index in [2.05, 4.69) is 11.9 Å². The van der Waals surface area contributed by atoms with E-state index >= 15 is 0 Å². The van der Waals surface area contributed by atoms with E-state index in [1.165, 1.54) is 0 Å². The summed E-state index contributed by atoms with van der Waals surface area (Å²) in [5.74, 6) is -0.435. The molecule has 0 spiro atoms. The topological polar surface area (TPSA) is 49.8 Å². The lowest BCUT2D eigenvalue weighted by atomic mass is 9.86. The van der Waals surface area contributed by atoms with Crippen molar-refractivity contribution >= 4 is 5.97 Å². The van der Waals surface area contributed by atoms with Crippen molar-refractivity contribution in [1.82, 2.24) is 4.90 Å². The Kier molecular flexibility index (Phi) is 2.73. The molecule has 2 aliphatic heterocycles. The number of carbonyl (C=O) groups excluding carboxylic acids is 1. The fourth-order valence-electron chi connectivity index (χ4n) is 2.88. The number of carbonyl (C=O) groups is 1. The largest absolute Gasteiger partial charge is 0.464 e. The Hall–Kier alpha value is -0.610. The van der Waals surface area contributed by atoms with E-state index in [4.69, 9.17) is 4.74 Å². The van der Waals surface area contributed by atoms with Crippen molar-refractivity contribution < 1.29 is 14.6 Å². The second-order valence-electron chi connectivity index (χ2n) is 4.71. The molecule has 0 saturated carbocycles. The summed E-state index contributed by atoms with van der Waals surface area (Å²) >= 11 is 0. The van der Waals surface area contributed by atoms with Gasteiger partial charge in [0.25, 0.3) is 0 Å². The molecule has 0 radical (unpaired) electrons. The molecule has 2 saturated heterocycles. The highest BCUT2D eigenvalue weighted by Gasteiger charge is 2.50. The molecule has 86 valence electrons. The molecule has 4 nitrogen and oxygen atoms in total. The maximum atomic E-state index is 11.7. The van der Waals surface area contributed by atoms with Gasteiger partial charge in [0.15, 0.2) is 5.60 Å². The Morgan fingerprint density at radius 3 is 2.47 bits per heavy atom. The van der Waals surface area contributed by atoms with E-state index in [9.17, 15) is 9.90 Å². The number of hydrogen-bond acceptors (Lipinski definition) is 4. The van der Waals surface area contributed by atoms with Crippen molar-refractivity contribution in [3.05, 3.63) is 0 Å². The van der Waals surface area contributed by atoms with Gasteiger partial charge in [-0.15, -0.1) is 0 Å². The Morgan fingerprint density at radius 2 is 2.00 bits per heavy atom. The van der Waals surface area contributed by atoms with Crippen LogP contribution in [-0.4, -0.2) is 47.3 Å². The van der Waals surface area contributed by atoms with E-state index in [1.54, 1.807) is 6.92 Å². The van der Waals surface area contributed by atoms with E-state index in [0.717, 1.165) is 12.8 Å². The van der Waals surface area contributed by atoms with Gasteiger partial charge >= 0.3 is 5.97 Å². The van der Waals surface area contributed by atoms with Gasteiger partial charge in [0.2, 0.25) is 0 Å². The van der Waals surface area contributed by atoms with Crippen LogP contribution in [0, 0.1) is 0 Å². The van der Waals surface area contributed by atoms with Crippen LogP contribution in [0.5, 0.6) is 0 Å². The first-order valence-electron chi connectivity index (χ1n) is 5.68. The van der Waals surface area contributed by atoms with Gasteiger partial charge in [-0.2, -0.15) is 0 Å². The highest BCUT2D eigenvalue weighted by atomic mass is 16.5. The highest BCUT2D eigenvalue weighted by Crippen LogP contribution is 2.40. The molecule has 1 N–H and O–H groups in total. The Bertz CT molecular complexity index is 253. The van der Waals surface area contributed by atoms with Crippen LogP contribution in [-0.2, 0) is 9.53 Å². The zero-order chi connectivity index (χ0) is 11.1. The van der Waals surface area contributed by atoms with Gasteiger partial charge in [-0.1, -0.05) is 0 Å². The molecule has 0 aromatic heterocycles. The van der Waals surface area contributed by atoms with Crippen molar-refractivity contribution in [2.45, 2.75) is 50.3 Å². The third-order valence-corrected chi connectivity index (χ3v) is 3.79. The summed E-state index contributed by atoms with van der Waals surface area (Å²) in [6.45, 7) is 2.11. The Balaban J connectivity index is 2.09. The number of nitrogens with zero attached hydrogens (tertiary/aromatic N) is 1. The van der Waals surface area contributed by atoms with Gasteiger partial charge in [-0.25, -0.2) is 4.79 Å². The third kappa shape index (κ3) is 1.76. The van der Waals surface area contributed by atoms with Crippen LogP contribution in [0.15, 0.2) is 0 Å². The normalized spacial score (nSPS) is 40.5. The standard InChI is InChI=1S/C11H19NO3/c1-3-15-10(13)11(14)6-8-4-5-9(7-11)12(8)2/h8-9,14H,3-7H2,1-2H3/t8-,9+,11?. The van der Waals surface area contributed by atoms with Crippen molar-refractivity contribution in [2.75, 3.05) is 13.7 Å². The average molecular weight is 213 g/mol. The number of fused-ring (bicyclic) bond motifs is 2. The Labute approximate surface area is 90.2 Å². The van der Waals surface area contributed by atoms with Crippen LogP contribution in [0.2, 0.25) is 0 Å². The monoisotopic (exact) mass is 213 g/mol. The first-order chi connectivity index (χ1) is 7.07. The molecule has 0 aromatic carbocycles. The molecule has 0 aromatic rings. The summed E-state index contributed by atoms with van der Waals surface area (Å²) in [4.78, 5) is 13.9. The molecule has 2 aliphatic rings. The van der Waals surface area contributed by atoms with Crippen molar-refractivity contribution in [1.29, 1.82) is 0 Å². The zero-order valence-electron chi connectivity index (χ0n) is 9.40. The molecule has 3 atom stereocenters. The number of hydrogen-bond donors (Lipinski definition) is 1. The number of esters is 1. The lowest BCUT2D eigenvalue weighted by Crippen LogP contribution is -2.53. The van der Waals surface area contributed by atoms with E-state index < -0.39 is 11.6 Å². The van der Waals surface area contributed by atoms with Gasteiger partial charge in [-0.3, -0.25) is 0 Å². The summed E-state index contributed by atoms with van der Waals surface area (Å²) in [5.41, 5.74) is -1.23. The van der Waals surface area contributed by atoms with Gasteiger partial charge in [-0.05, 0) is 26.8 Å². The molecule has 4 heteroatoms. The molecular formula is C11H19NO3. The van der Waals surface area contributed by atoms with Crippen LogP contribution in [0.4, 0.5) is 0 Å². The molecule has 2 heterocycles. The van der Waals surface area contributed by atoms with E-state index in [0.29, 0.717) is 31.5 Å². The summed E-state index contributed by atoms with van der Waals surface area (Å²) in [5, 5.41) is 10.3. The van der Waals surface area contributed by atoms with Crippen LogP contribution in [0.25, 0.3) is 0 Å². The van der Waals surface area contributed by atoms with Crippen molar-refractivity contribution in [2.24, 2.45) is 0 Å². The summed E-state index contributed by atoms with van der Waals surface area (Å²) < 4.78 is 4.94. The second-order valence-corrected chi connectivity index (χ2v) is 4.71. The maximum Gasteiger partial charge on any atom is 0.338 e. The molecular weight excluding hydrogens is 194 g/mol. The highest BCUT2D eigenvalue weighted by molar-refractivity contribution is 5.79.